The summed E-state index contributed by atoms with van der Waals surface area (Å²) in [6.07, 6.45) is 3.13. The van der Waals surface area contributed by atoms with Crippen molar-refractivity contribution in [3.05, 3.63) is 54.4 Å². The lowest BCUT2D eigenvalue weighted by molar-refractivity contribution is -0.126. The molecule has 2 amide bonds. The third-order valence-electron chi connectivity index (χ3n) is 4.06. The molecule has 2 N–H and O–H groups in total. The van der Waals surface area contributed by atoms with Crippen molar-refractivity contribution in [2.24, 2.45) is 0 Å². The molecule has 0 radical (unpaired) electrons. The van der Waals surface area contributed by atoms with Gasteiger partial charge in [-0.1, -0.05) is 18.2 Å². The minimum absolute atomic E-state index is 0.224. The van der Waals surface area contributed by atoms with Gasteiger partial charge in [0.2, 0.25) is 11.8 Å². The Balaban J connectivity index is 1.54. The van der Waals surface area contributed by atoms with E-state index in [1.165, 1.54) is 0 Å². The van der Waals surface area contributed by atoms with Crippen molar-refractivity contribution in [2.75, 3.05) is 36.5 Å². The normalized spacial score (nSPS) is 13.9. The maximum absolute atomic E-state index is 12.2. The second-order valence-corrected chi connectivity index (χ2v) is 5.98. The van der Waals surface area contributed by atoms with Gasteiger partial charge in [-0.25, -0.2) is 0 Å². The minimum Gasteiger partial charge on any atom is -0.378 e. The Hall–Kier alpha value is -2.93. The largest absolute Gasteiger partial charge is 0.378 e. The van der Waals surface area contributed by atoms with Crippen LogP contribution in [0, 0.1) is 0 Å². The highest BCUT2D eigenvalue weighted by atomic mass is 16.5. The summed E-state index contributed by atoms with van der Waals surface area (Å²) >= 11 is 0. The van der Waals surface area contributed by atoms with Crippen molar-refractivity contribution in [3.63, 3.8) is 0 Å². The van der Waals surface area contributed by atoms with E-state index in [4.69, 9.17) is 4.74 Å². The summed E-state index contributed by atoms with van der Waals surface area (Å²) in [5.74, 6) is -0.662. The smallest absolute Gasteiger partial charge is 0.233 e. The zero-order chi connectivity index (χ0) is 18.2. The number of benzene rings is 1. The standard InChI is InChI=1S/C19H22N4O3/c24-18(21-14-15-4-3-7-20-13-15)12-19(25)22-16-5-1-2-6-17(16)23-8-10-26-11-9-23/h1-7,13H,8-12,14H2,(H,21,24)(H,22,25). The lowest BCUT2D eigenvalue weighted by atomic mass is 10.2. The number of carbonyl (C=O) groups excluding carboxylic acids is 2. The monoisotopic (exact) mass is 354 g/mol. The molecular weight excluding hydrogens is 332 g/mol. The number of nitrogens with one attached hydrogen (secondary N) is 2. The molecule has 0 bridgehead atoms. The van der Waals surface area contributed by atoms with Gasteiger partial charge in [0.25, 0.3) is 0 Å². The summed E-state index contributed by atoms with van der Waals surface area (Å²) < 4.78 is 5.37. The van der Waals surface area contributed by atoms with E-state index in [2.05, 4.69) is 20.5 Å². The highest BCUT2D eigenvalue weighted by Gasteiger charge is 2.16. The number of hydrogen-bond acceptors (Lipinski definition) is 5. The zero-order valence-electron chi connectivity index (χ0n) is 14.5. The number of para-hydroxylation sites is 2. The van der Waals surface area contributed by atoms with Crippen molar-refractivity contribution in [2.45, 2.75) is 13.0 Å². The maximum atomic E-state index is 12.2. The van der Waals surface area contributed by atoms with E-state index in [-0.39, 0.29) is 18.2 Å². The van der Waals surface area contributed by atoms with Crippen LogP contribution in [-0.2, 0) is 20.9 Å². The first-order valence-corrected chi connectivity index (χ1v) is 8.59. The molecule has 7 heteroatoms. The predicted molar refractivity (Wildman–Crippen MR) is 98.8 cm³/mol. The van der Waals surface area contributed by atoms with Crippen LogP contribution in [-0.4, -0.2) is 43.1 Å². The van der Waals surface area contributed by atoms with Gasteiger partial charge in [0.05, 0.1) is 24.6 Å². The van der Waals surface area contributed by atoms with E-state index in [1.807, 2.05) is 30.3 Å². The minimum atomic E-state index is -0.339. The van der Waals surface area contributed by atoms with E-state index in [0.29, 0.717) is 25.4 Å². The molecule has 1 aliphatic heterocycles. The van der Waals surface area contributed by atoms with Crippen LogP contribution in [0.15, 0.2) is 48.8 Å². The number of anilines is 2. The third kappa shape index (κ3) is 5.03. The fraction of sp³-hybridized carbons (Fsp3) is 0.316. The van der Waals surface area contributed by atoms with Crippen LogP contribution in [0.4, 0.5) is 11.4 Å². The topological polar surface area (TPSA) is 83.6 Å². The molecule has 1 aromatic heterocycles. The summed E-state index contributed by atoms with van der Waals surface area (Å²) in [4.78, 5) is 30.4. The fourth-order valence-electron chi connectivity index (χ4n) is 2.77. The highest BCUT2D eigenvalue weighted by Crippen LogP contribution is 2.26. The second-order valence-electron chi connectivity index (χ2n) is 5.98. The van der Waals surface area contributed by atoms with Gasteiger partial charge >= 0.3 is 0 Å². The molecule has 1 saturated heterocycles. The SMILES string of the molecule is O=C(CC(=O)Nc1ccccc1N1CCOCC1)NCc1cccnc1. The molecule has 0 saturated carbocycles. The number of ether oxygens (including phenoxy) is 1. The number of carbonyl (C=O) groups is 2. The average molecular weight is 354 g/mol. The molecule has 26 heavy (non-hydrogen) atoms. The molecule has 0 atom stereocenters. The molecule has 3 rings (SSSR count). The first kappa shape index (κ1) is 17.9. The molecule has 2 aromatic rings. The van der Waals surface area contributed by atoms with E-state index in [9.17, 15) is 9.59 Å². The first-order chi connectivity index (χ1) is 12.7. The van der Waals surface area contributed by atoms with Gasteiger partial charge in [0, 0.05) is 32.0 Å². The van der Waals surface area contributed by atoms with Crippen LogP contribution in [0.5, 0.6) is 0 Å². The third-order valence-corrected chi connectivity index (χ3v) is 4.06. The Morgan fingerprint density at radius 1 is 1.08 bits per heavy atom. The van der Waals surface area contributed by atoms with E-state index in [0.717, 1.165) is 24.3 Å². The number of amides is 2. The van der Waals surface area contributed by atoms with Crippen molar-refractivity contribution in [1.82, 2.24) is 10.3 Å². The molecular formula is C19H22N4O3. The van der Waals surface area contributed by atoms with Gasteiger partial charge in [-0.05, 0) is 23.8 Å². The molecule has 0 spiro atoms. The molecule has 1 fully saturated rings. The van der Waals surface area contributed by atoms with Crippen molar-refractivity contribution < 1.29 is 14.3 Å². The van der Waals surface area contributed by atoms with Gasteiger partial charge in [-0.2, -0.15) is 0 Å². The highest BCUT2D eigenvalue weighted by molar-refractivity contribution is 6.04. The number of rotatable bonds is 6. The van der Waals surface area contributed by atoms with E-state index < -0.39 is 0 Å². The zero-order valence-corrected chi connectivity index (χ0v) is 14.5. The lowest BCUT2D eigenvalue weighted by Gasteiger charge is -2.30. The van der Waals surface area contributed by atoms with Gasteiger partial charge < -0.3 is 20.3 Å². The Bertz CT molecular complexity index is 745. The summed E-state index contributed by atoms with van der Waals surface area (Å²) in [6.45, 7) is 3.24. The van der Waals surface area contributed by atoms with Crippen molar-refractivity contribution in [1.29, 1.82) is 0 Å². The number of aromatic nitrogens is 1. The van der Waals surface area contributed by atoms with Gasteiger partial charge in [0.1, 0.15) is 6.42 Å². The molecule has 0 aliphatic carbocycles. The van der Waals surface area contributed by atoms with Crippen LogP contribution in [0.2, 0.25) is 0 Å². The molecule has 1 aromatic carbocycles. The van der Waals surface area contributed by atoms with E-state index >= 15 is 0 Å². The van der Waals surface area contributed by atoms with Crippen LogP contribution in [0.3, 0.4) is 0 Å². The average Bonchev–Trinajstić information content (AvgIpc) is 2.68. The van der Waals surface area contributed by atoms with Gasteiger partial charge in [0.15, 0.2) is 0 Å². The Morgan fingerprint density at radius 2 is 1.88 bits per heavy atom. The number of nitrogens with zero attached hydrogens (tertiary/aromatic N) is 2. The summed E-state index contributed by atoms with van der Waals surface area (Å²) in [5.41, 5.74) is 2.54. The van der Waals surface area contributed by atoms with Crippen LogP contribution in [0.25, 0.3) is 0 Å². The molecule has 1 aliphatic rings. The summed E-state index contributed by atoms with van der Waals surface area (Å²) in [5, 5.41) is 5.57. The van der Waals surface area contributed by atoms with Crippen LogP contribution >= 0.6 is 0 Å². The summed E-state index contributed by atoms with van der Waals surface area (Å²) in [7, 11) is 0. The predicted octanol–water partition coefficient (Wildman–Crippen LogP) is 1.56. The second kappa shape index (κ2) is 8.96. The van der Waals surface area contributed by atoms with Crippen LogP contribution in [0.1, 0.15) is 12.0 Å². The quantitative estimate of drug-likeness (QED) is 0.769. The Labute approximate surface area is 152 Å². The van der Waals surface area contributed by atoms with Crippen molar-refractivity contribution in [3.8, 4) is 0 Å². The van der Waals surface area contributed by atoms with E-state index in [1.54, 1.807) is 18.5 Å². The van der Waals surface area contributed by atoms with Crippen LogP contribution < -0.4 is 15.5 Å². The Morgan fingerprint density at radius 3 is 2.65 bits per heavy atom. The van der Waals surface area contributed by atoms with Gasteiger partial charge in [-0.3, -0.25) is 14.6 Å². The first-order valence-electron chi connectivity index (χ1n) is 8.59. The maximum Gasteiger partial charge on any atom is 0.233 e. The van der Waals surface area contributed by atoms with Crippen molar-refractivity contribution >= 4 is 23.2 Å². The van der Waals surface area contributed by atoms with Gasteiger partial charge in [-0.15, -0.1) is 0 Å². The molecule has 136 valence electrons. The number of hydrogen-bond donors (Lipinski definition) is 2. The number of pyridine rings is 1. The lowest BCUT2D eigenvalue weighted by Crippen LogP contribution is -2.37. The molecule has 7 nitrogen and oxygen atoms in total. The summed E-state index contributed by atoms with van der Waals surface area (Å²) in [6, 6.07) is 11.3. The molecule has 0 unspecified atom stereocenters. The fourth-order valence-corrected chi connectivity index (χ4v) is 2.77. The molecule has 2 heterocycles. The Kier molecular flexibility index (Phi) is 6.16. The number of morpholine rings is 1.